The van der Waals surface area contributed by atoms with Crippen molar-refractivity contribution < 1.29 is 47.6 Å². The summed E-state index contributed by atoms with van der Waals surface area (Å²) in [6, 6.07) is 6.04. The summed E-state index contributed by atoms with van der Waals surface area (Å²) in [6.07, 6.45) is 5.11. The van der Waals surface area contributed by atoms with E-state index in [2.05, 4.69) is 0 Å². The molecule has 1 atom stereocenters. The molecule has 0 bridgehead atoms. The highest BCUT2D eigenvalue weighted by Gasteiger charge is 2.34. The molecule has 1 saturated carbocycles. The number of carbonyl (C=O) groups is 4. The molecule has 0 radical (unpaired) electrons. The quantitative estimate of drug-likeness (QED) is 0.206. The minimum Gasteiger partial charge on any atom is -0.493 e. The van der Waals surface area contributed by atoms with E-state index in [1.54, 1.807) is 19.2 Å². The summed E-state index contributed by atoms with van der Waals surface area (Å²) < 4.78 is 33.1. The normalized spacial score (nSPS) is 19.9. The monoisotopic (exact) mass is 664 g/mol. The third kappa shape index (κ3) is 6.80. The number of hydrogen-bond acceptors (Lipinski definition) is 11. The van der Waals surface area contributed by atoms with Crippen LogP contribution in [-0.2, 0) is 30.3 Å². The Hall–Kier alpha value is -5.07. The maximum Gasteiger partial charge on any atom is 0.412 e. The largest absolute Gasteiger partial charge is 0.493 e. The highest BCUT2D eigenvalue weighted by Crippen LogP contribution is 2.51. The molecule has 1 heterocycles. The van der Waals surface area contributed by atoms with Gasteiger partial charge in [-0.1, -0.05) is 6.07 Å². The van der Waals surface area contributed by atoms with Crippen LogP contribution in [-0.4, -0.2) is 82.5 Å². The molecule has 3 amide bonds. The fraction of sp³-hybridized carbons (Fsp3) is 0.457. The van der Waals surface area contributed by atoms with Crippen LogP contribution in [0.15, 0.2) is 41.2 Å². The van der Waals surface area contributed by atoms with Gasteiger partial charge in [0.15, 0.2) is 17.2 Å². The maximum absolute atomic E-state index is 13.3. The van der Waals surface area contributed by atoms with Gasteiger partial charge in [0.2, 0.25) is 18.0 Å². The standard InChI is InChI=1S/C35H40N2O11/c1-36(35(42)48-19-47-34(41)21-8-6-20(7-9-21)18-37-29(39)14-15-30(37)40)25-12-10-22-16-28(44-3)32(45-4)33(46-5)31(22)23-11-13-27(43-2)26(38)17-24(23)25/h11,13-17,20-21,25H,6-10,12,18-19H2,1-5H3. The number of aryl methyl sites for hydroxylation is 1. The summed E-state index contributed by atoms with van der Waals surface area (Å²) in [5.74, 6) is 0.0625. The summed E-state index contributed by atoms with van der Waals surface area (Å²) in [7, 11) is 7.55. The van der Waals surface area contributed by atoms with Gasteiger partial charge in [-0.2, -0.15) is 0 Å². The fourth-order valence-corrected chi connectivity index (χ4v) is 6.78. The molecule has 0 saturated heterocycles. The molecule has 5 rings (SSSR count). The fourth-order valence-electron chi connectivity index (χ4n) is 6.78. The summed E-state index contributed by atoms with van der Waals surface area (Å²) in [6.45, 7) is -0.242. The van der Waals surface area contributed by atoms with Gasteiger partial charge in [0.25, 0.3) is 11.8 Å². The van der Waals surface area contributed by atoms with E-state index in [0.29, 0.717) is 79.0 Å². The molecule has 256 valence electrons. The molecule has 3 aliphatic rings. The van der Waals surface area contributed by atoms with Crippen molar-refractivity contribution >= 4 is 23.9 Å². The van der Waals surface area contributed by atoms with Crippen molar-refractivity contribution in [3.63, 3.8) is 0 Å². The Kier molecular flexibility index (Phi) is 10.6. The SMILES string of the molecule is COc1cc2c(c(OC)c1OC)-c1ccc(OC)c(=O)cc1C(N(C)C(=O)OCOC(=O)C1CCC(CN3C(=O)C=CC3=O)CC1)CC2. The van der Waals surface area contributed by atoms with Crippen LogP contribution >= 0.6 is 0 Å². The van der Waals surface area contributed by atoms with Gasteiger partial charge < -0.3 is 33.3 Å². The highest BCUT2D eigenvalue weighted by molar-refractivity contribution is 6.12. The summed E-state index contributed by atoms with van der Waals surface area (Å²) in [4.78, 5) is 65.7. The van der Waals surface area contributed by atoms with Crippen molar-refractivity contribution in [2.24, 2.45) is 11.8 Å². The zero-order valence-electron chi connectivity index (χ0n) is 27.7. The van der Waals surface area contributed by atoms with E-state index in [1.807, 2.05) is 6.07 Å². The second-order valence-electron chi connectivity index (χ2n) is 12.0. The van der Waals surface area contributed by atoms with Crippen LogP contribution in [0.3, 0.4) is 0 Å². The lowest BCUT2D eigenvalue weighted by Gasteiger charge is -2.30. The van der Waals surface area contributed by atoms with Gasteiger partial charge in [-0.3, -0.25) is 24.1 Å². The number of fused-ring (bicyclic) bond motifs is 3. The molecule has 0 aromatic heterocycles. The first kappa shape index (κ1) is 34.3. The van der Waals surface area contributed by atoms with E-state index >= 15 is 0 Å². The molecule has 13 nitrogen and oxygen atoms in total. The van der Waals surface area contributed by atoms with Crippen molar-refractivity contribution in [3.05, 3.63) is 57.8 Å². The van der Waals surface area contributed by atoms with Gasteiger partial charge in [-0.15, -0.1) is 0 Å². The van der Waals surface area contributed by atoms with E-state index in [-0.39, 0.29) is 34.8 Å². The molecule has 48 heavy (non-hydrogen) atoms. The van der Waals surface area contributed by atoms with Gasteiger partial charge in [-0.25, -0.2) is 4.79 Å². The summed E-state index contributed by atoms with van der Waals surface area (Å²) in [5.41, 5.74) is 2.39. The third-order valence-corrected chi connectivity index (χ3v) is 9.35. The van der Waals surface area contributed by atoms with Crippen molar-refractivity contribution in [1.82, 2.24) is 9.80 Å². The molecule has 1 fully saturated rings. The first-order valence-electron chi connectivity index (χ1n) is 15.8. The van der Waals surface area contributed by atoms with Gasteiger partial charge in [0.05, 0.1) is 40.4 Å². The van der Waals surface area contributed by atoms with Gasteiger partial charge in [0, 0.05) is 31.3 Å². The van der Waals surface area contributed by atoms with Crippen molar-refractivity contribution in [3.8, 4) is 34.1 Å². The Morgan fingerprint density at radius 2 is 1.48 bits per heavy atom. The number of ether oxygens (including phenoxy) is 6. The number of hydrogen-bond donors (Lipinski definition) is 0. The topological polar surface area (TPSA) is 147 Å². The molecule has 2 aromatic rings. The molecular weight excluding hydrogens is 624 g/mol. The van der Waals surface area contributed by atoms with Crippen LogP contribution in [0, 0.1) is 11.8 Å². The maximum atomic E-state index is 13.3. The van der Waals surface area contributed by atoms with Crippen LogP contribution in [0.5, 0.6) is 23.0 Å². The molecule has 1 unspecified atom stereocenters. The summed E-state index contributed by atoms with van der Waals surface area (Å²) >= 11 is 0. The number of esters is 1. The highest BCUT2D eigenvalue weighted by atomic mass is 16.7. The van der Waals surface area contributed by atoms with Crippen molar-refractivity contribution in [2.45, 2.75) is 44.6 Å². The minimum atomic E-state index is -0.741. The Bertz CT molecular complexity index is 1660. The van der Waals surface area contributed by atoms with Gasteiger partial charge >= 0.3 is 12.1 Å². The van der Waals surface area contributed by atoms with Crippen LogP contribution in [0.25, 0.3) is 11.1 Å². The number of imide groups is 1. The number of carbonyl (C=O) groups excluding carboxylic acids is 4. The first-order chi connectivity index (χ1) is 23.1. The van der Waals surface area contributed by atoms with Crippen molar-refractivity contribution in [2.75, 3.05) is 48.8 Å². The Labute approximate surface area is 278 Å². The van der Waals surface area contributed by atoms with Crippen LogP contribution in [0.2, 0.25) is 0 Å². The Balaban J connectivity index is 1.28. The third-order valence-electron chi connectivity index (χ3n) is 9.35. The molecule has 2 aliphatic carbocycles. The van der Waals surface area contributed by atoms with Crippen LogP contribution in [0.4, 0.5) is 4.79 Å². The average molecular weight is 665 g/mol. The van der Waals surface area contributed by atoms with Crippen LogP contribution < -0.4 is 24.4 Å². The van der Waals surface area contributed by atoms with E-state index in [4.69, 9.17) is 28.4 Å². The lowest BCUT2D eigenvalue weighted by atomic mass is 9.82. The van der Waals surface area contributed by atoms with E-state index in [1.165, 1.54) is 56.5 Å². The molecule has 0 spiro atoms. The second kappa shape index (κ2) is 14.8. The van der Waals surface area contributed by atoms with E-state index in [0.717, 1.165) is 5.56 Å². The smallest absolute Gasteiger partial charge is 0.412 e. The van der Waals surface area contributed by atoms with E-state index in [9.17, 15) is 24.0 Å². The Morgan fingerprint density at radius 3 is 2.10 bits per heavy atom. The minimum absolute atomic E-state index is 0.112. The average Bonchev–Trinajstić information content (AvgIpc) is 3.22. The van der Waals surface area contributed by atoms with E-state index < -0.39 is 24.9 Å². The molecule has 13 heteroatoms. The van der Waals surface area contributed by atoms with Crippen molar-refractivity contribution in [1.29, 1.82) is 0 Å². The molecule has 0 N–H and O–H groups in total. The number of benzene rings is 1. The number of methoxy groups -OCH3 is 4. The molecule has 1 aliphatic heterocycles. The first-order valence-corrected chi connectivity index (χ1v) is 15.8. The van der Waals surface area contributed by atoms with Gasteiger partial charge in [-0.05, 0) is 79.3 Å². The lowest BCUT2D eigenvalue weighted by Crippen LogP contribution is -2.37. The zero-order chi connectivity index (χ0) is 34.5. The Morgan fingerprint density at radius 1 is 0.812 bits per heavy atom. The second-order valence-corrected chi connectivity index (χ2v) is 12.0. The van der Waals surface area contributed by atoms with Crippen LogP contribution in [0.1, 0.15) is 49.3 Å². The predicted octanol–water partition coefficient (Wildman–Crippen LogP) is 4.04. The lowest BCUT2D eigenvalue weighted by molar-refractivity contribution is -0.159. The van der Waals surface area contributed by atoms with Gasteiger partial charge in [0.1, 0.15) is 0 Å². The predicted molar refractivity (Wildman–Crippen MR) is 172 cm³/mol. The summed E-state index contributed by atoms with van der Waals surface area (Å²) in [5, 5.41) is 0. The number of amides is 3. The molecule has 2 aromatic carbocycles. The molecular formula is C35H40N2O11. The number of rotatable bonds is 10. The number of nitrogens with zero attached hydrogens (tertiary/aromatic N) is 2. The zero-order valence-corrected chi connectivity index (χ0v) is 27.7.